The van der Waals surface area contributed by atoms with Crippen LogP contribution in [0.4, 0.5) is 0 Å². The van der Waals surface area contributed by atoms with Gasteiger partial charge in [-0.05, 0) is 39.2 Å². The minimum absolute atomic E-state index is 0.133. The van der Waals surface area contributed by atoms with Crippen LogP contribution in [0.3, 0.4) is 0 Å². The third kappa shape index (κ3) is 2.53. The Morgan fingerprint density at radius 3 is 2.73 bits per heavy atom. The molecule has 0 unspecified atom stereocenters. The Hall–Kier alpha value is -2.11. The summed E-state index contributed by atoms with van der Waals surface area (Å²) < 4.78 is 3.62. The Morgan fingerprint density at radius 1 is 1.36 bits per heavy atom. The quantitative estimate of drug-likeness (QED) is 0.870. The molecule has 1 atom stereocenters. The third-order valence-corrected chi connectivity index (χ3v) is 4.53. The lowest BCUT2D eigenvalue weighted by Gasteiger charge is -2.25. The summed E-state index contributed by atoms with van der Waals surface area (Å²) >= 11 is 0. The molecule has 0 aliphatic carbocycles. The maximum atomic E-state index is 12.7. The predicted molar refractivity (Wildman–Crippen MR) is 83.3 cm³/mol. The molecule has 3 heterocycles. The fraction of sp³-hybridized carbons (Fsp3) is 0.562. The van der Waals surface area contributed by atoms with E-state index in [0.29, 0.717) is 6.54 Å². The summed E-state index contributed by atoms with van der Waals surface area (Å²) in [6, 6.07) is 0.151. The number of carbonyl (C=O) groups excluding carboxylic acids is 1. The van der Waals surface area contributed by atoms with Crippen LogP contribution in [-0.4, -0.2) is 36.9 Å². The molecule has 1 amide bonds. The van der Waals surface area contributed by atoms with E-state index in [-0.39, 0.29) is 11.9 Å². The molecule has 0 spiro atoms. The van der Waals surface area contributed by atoms with Crippen molar-refractivity contribution in [2.75, 3.05) is 6.54 Å². The molecule has 0 aromatic carbocycles. The van der Waals surface area contributed by atoms with Gasteiger partial charge in [0.25, 0.3) is 0 Å². The van der Waals surface area contributed by atoms with Gasteiger partial charge in [0.1, 0.15) is 6.54 Å². The van der Waals surface area contributed by atoms with Gasteiger partial charge in [-0.2, -0.15) is 10.2 Å². The molecule has 0 radical (unpaired) electrons. The van der Waals surface area contributed by atoms with Crippen LogP contribution < -0.4 is 0 Å². The summed E-state index contributed by atoms with van der Waals surface area (Å²) in [6.07, 6.45) is 5.74. The summed E-state index contributed by atoms with van der Waals surface area (Å²) in [4.78, 5) is 14.7. The molecule has 0 saturated carbocycles. The first kappa shape index (κ1) is 14.8. The van der Waals surface area contributed by atoms with Crippen LogP contribution in [0, 0.1) is 20.8 Å². The summed E-state index contributed by atoms with van der Waals surface area (Å²) in [5.41, 5.74) is 4.46. The second kappa shape index (κ2) is 5.59. The molecular weight excluding hydrogens is 278 g/mol. The van der Waals surface area contributed by atoms with Crippen molar-refractivity contribution in [3.8, 4) is 0 Å². The van der Waals surface area contributed by atoms with Crippen molar-refractivity contribution < 1.29 is 4.79 Å². The van der Waals surface area contributed by atoms with Crippen LogP contribution >= 0.6 is 0 Å². The van der Waals surface area contributed by atoms with Crippen LogP contribution in [0.2, 0.25) is 0 Å². The van der Waals surface area contributed by atoms with Gasteiger partial charge >= 0.3 is 0 Å². The van der Waals surface area contributed by atoms with Gasteiger partial charge in [-0.15, -0.1) is 0 Å². The number of amides is 1. The van der Waals surface area contributed by atoms with Crippen LogP contribution in [0.1, 0.15) is 41.4 Å². The Balaban J connectivity index is 1.82. The van der Waals surface area contributed by atoms with Gasteiger partial charge < -0.3 is 4.90 Å². The van der Waals surface area contributed by atoms with Crippen molar-refractivity contribution in [1.82, 2.24) is 24.5 Å². The Bertz CT molecular complexity index is 699. The molecule has 1 aliphatic heterocycles. The molecular formula is C16H23N5O. The van der Waals surface area contributed by atoms with Crippen LogP contribution in [-0.2, 0) is 18.4 Å². The van der Waals surface area contributed by atoms with Gasteiger partial charge in [-0.3, -0.25) is 14.2 Å². The number of aromatic nitrogens is 4. The average Bonchev–Trinajstić information content (AvgIpc) is 3.12. The Kier molecular flexibility index (Phi) is 3.76. The van der Waals surface area contributed by atoms with E-state index < -0.39 is 0 Å². The number of rotatable bonds is 3. The zero-order chi connectivity index (χ0) is 15.9. The summed E-state index contributed by atoms with van der Waals surface area (Å²) in [5, 5.41) is 8.71. The number of nitrogens with zero attached hydrogens (tertiary/aromatic N) is 5. The molecule has 1 saturated heterocycles. The minimum atomic E-state index is 0.133. The van der Waals surface area contributed by atoms with Crippen molar-refractivity contribution >= 4 is 5.91 Å². The molecule has 0 N–H and O–H groups in total. The standard InChI is InChI=1S/C16H23N5O/c1-11-8-17-20(9-11)10-15(22)21-7-5-6-14(21)16-12(2)18-19(4)13(16)3/h8-9,14H,5-7,10H2,1-4H3/t14-/m1/s1. The van der Waals surface area contributed by atoms with E-state index in [1.165, 1.54) is 5.56 Å². The SMILES string of the molecule is Cc1cnn(CC(=O)N2CCC[C@@H]2c2c(C)nn(C)c2C)c1. The highest BCUT2D eigenvalue weighted by molar-refractivity contribution is 5.77. The maximum absolute atomic E-state index is 12.7. The molecule has 0 bridgehead atoms. The number of carbonyl (C=O) groups is 1. The minimum Gasteiger partial charge on any atom is -0.334 e. The van der Waals surface area contributed by atoms with Gasteiger partial charge in [0.2, 0.25) is 5.91 Å². The smallest absolute Gasteiger partial charge is 0.244 e. The zero-order valence-corrected chi connectivity index (χ0v) is 13.7. The van der Waals surface area contributed by atoms with Gasteiger partial charge in [-0.1, -0.05) is 0 Å². The van der Waals surface area contributed by atoms with Gasteiger partial charge in [0, 0.05) is 31.0 Å². The molecule has 22 heavy (non-hydrogen) atoms. The monoisotopic (exact) mass is 301 g/mol. The number of hydrogen-bond acceptors (Lipinski definition) is 3. The van der Waals surface area contributed by atoms with Gasteiger partial charge in [0.05, 0.1) is 17.9 Å². The normalized spacial score (nSPS) is 18.2. The van der Waals surface area contributed by atoms with E-state index in [0.717, 1.165) is 36.3 Å². The van der Waals surface area contributed by atoms with E-state index in [1.54, 1.807) is 10.9 Å². The molecule has 3 rings (SSSR count). The lowest BCUT2D eigenvalue weighted by atomic mass is 10.0. The number of hydrogen-bond donors (Lipinski definition) is 0. The van der Waals surface area contributed by atoms with Crippen LogP contribution in [0.15, 0.2) is 12.4 Å². The maximum Gasteiger partial charge on any atom is 0.244 e. The third-order valence-electron chi connectivity index (χ3n) is 4.53. The highest BCUT2D eigenvalue weighted by Crippen LogP contribution is 2.35. The van der Waals surface area contributed by atoms with E-state index >= 15 is 0 Å². The topological polar surface area (TPSA) is 56.0 Å². The van der Waals surface area contributed by atoms with Crippen molar-refractivity contribution in [1.29, 1.82) is 0 Å². The molecule has 6 nitrogen and oxygen atoms in total. The average molecular weight is 301 g/mol. The van der Waals surface area contributed by atoms with Crippen molar-refractivity contribution in [2.45, 2.75) is 46.2 Å². The highest BCUT2D eigenvalue weighted by atomic mass is 16.2. The molecule has 2 aromatic heterocycles. The first-order valence-corrected chi connectivity index (χ1v) is 7.76. The molecule has 6 heteroatoms. The van der Waals surface area contributed by atoms with Crippen LogP contribution in [0.25, 0.3) is 0 Å². The zero-order valence-electron chi connectivity index (χ0n) is 13.7. The van der Waals surface area contributed by atoms with Crippen molar-refractivity contribution in [3.63, 3.8) is 0 Å². The lowest BCUT2D eigenvalue weighted by molar-refractivity contribution is -0.133. The highest BCUT2D eigenvalue weighted by Gasteiger charge is 2.33. The summed E-state index contributed by atoms with van der Waals surface area (Å²) in [7, 11) is 1.96. The molecule has 1 aliphatic rings. The summed E-state index contributed by atoms with van der Waals surface area (Å²) in [6.45, 7) is 7.21. The predicted octanol–water partition coefficient (Wildman–Crippen LogP) is 1.91. The van der Waals surface area contributed by atoms with E-state index in [4.69, 9.17) is 0 Å². The van der Waals surface area contributed by atoms with Gasteiger partial charge in [-0.25, -0.2) is 0 Å². The van der Waals surface area contributed by atoms with Crippen molar-refractivity contribution in [2.24, 2.45) is 7.05 Å². The first-order chi connectivity index (χ1) is 10.5. The Morgan fingerprint density at radius 2 is 2.14 bits per heavy atom. The second-order valence-electron chi connectivity index (χ2n) is 6.17. The first-order valence-electron chi connectivity index (χ1n) is 7.76. The largest absolute Gasteiger partial charge is 0.334 e. The molecule has 118 valence electrons. The van der Waals surface area contributed by atoms with E-state index in [1.807, 2.05) is 36.7 Å². The number of aryl methyl sites for hydroxylation is 3. The lowest BCUT2D eigenvalue weighted by Crippen LogP contribution is -2.34. The van der Waals surface area contributed by atoms with E-state index in [9.17, 15) is 4.79 Å². The summed E-state index contributed by atoms with van der Waals surface area (Å²) in [5.74, 6) is 0.133. The van der Waals surface area contributed by atoms with Crippen molar-refractivity contribution in [3.05, 3.63) is 34.9 Å². The second-order valence-corrected chi connectivity index (χ2v) is 6.17. The molecule has 2 aromatic rings. The fourth-order valence-corrected chi connectivity index (χ4v) is 3.42. The fourth-order valence-electron chi connectivity index (χ4n) is 3.42. The molecule has 1 fully saturated rings. The Labute approximate surface area is 130 Å². The van der Waals surface area contributed by atoms with Crippen LogP contribution in [0.5, 0.6) is 0 Å². The van der Waals surface area contributed by atoms with E-state index in [2.05, 4.69) is 17.1 Å². The van der Waals surface area contributed by atoms with Gasteiger partial charge in [0.15, 0.2) is 0 Å². The number of likely N-dealkylation sites (tertiary alicyclic amines) is 1.